The summed E-state index contributed by atoms with van der Waals surface area (Å²) in [5.74, 6) is 1.13. The first-order valence-electron chi connectivity index (χ1n) is 6.33. The summed E-state index contributed by atoms with van der Waals surface area (Å²) < 4.78 is 5.27. The highest BCUT2D eigenvalue weighted by Gasteiger charge is 2.21. The summed E-state index contributed by atoms with van der Waals surface area (Å²) in [4.78, 5) is 2.39. The maximum atomic E-state index is 6.10. The molecule has 1 aliphatic rings. The maximum Gasteiger partial charge on any atom is 0.0507 e. The fourth-order valence-electron chi connectivity index (χ4n) is 2.60. The fraction of sp³-hybridized carbons (Fsp3) is 0.571. The first-order chi connectivity index (χ1) is 8.74. The van der Waals surface area contributed by atoms with Crippen LogP contribution in [-0.2, 0) is 10.6 Å². The lowest BCUT2D eigenvalue weighted by Gasteiger charge is -2.35. The zero-order valence-corrected chi connectivity index (χ0v) is 12.2. The summed E-state index contributed by atoms with van der Waals surface area (Å²) in [5.41, 5.74) is 2.33. The van der Waals surface area contributed by atoms with Crippen LogP contribution in [0.15, 0.2) is 18.2 Å². The van der Waals surface area contributed by atoms with E-state index in [1.54, 1.807) is 7.11 Å². The SMILES string of the molecule is COCC1CCCN(c2cc(Cl)ccc2CCl)C1. The number of ether oxygens (including phenoxy) is 1. The third-order valence-corrected chi connectivity index (χ3v) is 3.98. The van der Waals surface area contributed by atoms with E-state index < -0.39 is 0 Å². The number of methoxy groups -OCH3 is 1. The molecule has 2 rings (SSSR count). The number of anilines is 1. The van der Waals surface area contributed by atoms with Crippen molar-refractivity contribution in [3.63, 3.8) is 0 Å². The molecular formula is C14H19Cl2NO. The van der Waals surface area contributed by atoms with Crippen molar-refractivity contribution in [3.05, 3.63) is 28.8 Å². The summed E-state index contributed by atoms with van der Waals surface area (Å²) in [7, 11) is 1.77. The van der Waals surface area contributed by atoms with Gasteiger partial charge in [-0.25, -0.2) is 0 Å². The molecule has 100 valence electrons. The Morgan fingerprint density at radius 1 is 1.44 bits per heavy atom. The molecule has 0 saturated carbocycles. The minimum atomic E-state index is 0.526. The van der Waals surface area contributed by atoms with Crippen molar-refractivity contribution in [2.75, 3.05) is 31.7 Å². The fourth-order valence-corrected chi connectivity index (χ4v) is 2.99. The number of hydrogen-bond donors (Lipinski definition) is 0. The molecule has 1 aromatic carbocycles. The van der Waals surface area contributed by atoms with Crippen molar-refractivity contribution in [1.82, 2.24) is 0 Å². The molecule has 0 radical (unpaired) electrons. The van der Waals surface area contributed by atoms with Gasteiger partial charge in [0.25, 0.3) is 0 Å². The van der Waals surface area contributed by atoms with Gasteiger partial charge in [0, 0.05) is 36.8 Å². The van der Waals surface area contributed by atoms with Crippen molar-refractivity contribution in [3.8, 4) is 0 Å². The summed E-state index contributed by atoms with van der Waals surface area (Å²) in [5, 5.41) is 0.771. The summed E-state index contributed by atoms with van der Waals surface area (Å²) in [6, 6.07) is 5.94. The lowest BCUT2D eigenvalue weighted by atomic mass is 9.98. The van der Waals surface area contributed by atoms with Crippen molar-refractivity contribution < 1.29 is 4.74 Å². The molecule has 1 aromatic rings. The minimum Gasteiger partial charge on any atom is -0.384 e. The van der Waals surface area contributed by atoms with Crippen LogP contribution in [0.3, 0.4) is 0 Å². The summed E-state index contributed by atoms with van der Waals surface area (Å²) in [6.45, 7) is 2.93. The molecule has 0 bridgehead atoms. The Balaban J connectivity index is 2.17. The monoisotopic (exact) mass is 287 g/mol. The quantitative estimate of drug-likeness (QED) is 0.778. The minimum absolute atomic E-state index is 0.526. The molecule has 1 atom stereocenters. The molecule has 1 aliphatic heterocycles. The Kier molecular flexibility index (Phi) is 5.16. The number of benzene rings is 1. The molecule has 0 aromatic heterocycles. The van der Waals surface area contributed by atoms with Crippen LogP contribution < -0.4 is 4.90 Å². The molecule has 4 heteroatoms. The molecule has 1 saturated heterocycles. The molecule has 1 unspecified atom stereocenters. The van der Waals surface area contributed by atoms with Crippen molar-refractivity contribution in [2.24, 2.45) is 5.92 Å². The largest absolute Gasteiger partial charge is 0.384 e. The topological polar surface area (TPSA) is 12.5 Å². The summed E-state index contributed by atoms with van der Waals surface area (Å²) >= 11 is 12.1. The number of rotatable bonds is 4. The van der Waals surface area contributed by atoms with E-state index in [4.69, 9.17) is 27.9 Å². The number of nitrogens with zero attached hydrogens (tertiary/aromatic N) is 1. The van der Waals surface area contributed by atoms with Gasteiger partial charge in [0.1, 0.15) is 0 Å². The predicted octanol–water partition coefficient (Wildman–Crippen LogP) is 3.94. The lowest BCUT2D eigenvalue weighted by Crippen LogP contribution is -2.37. The van der Waals surface area contributed by atoms with E-state index in [-0.39, 0.29) is 0 Å². The zero-order chi connectivity index (χ0) is 13.0. The highest BCUT2D eigenvalue weighted by atomic mass is 35.5. The molecule has 0 aliphatic carbocycles. The Hall–Kier alpha value is -0.440. The smallest absolute Gasteiger partial charge is 0.0507 e. The van der Waals surface area contributed by atoms with Crippen molar-refractivity contribution in [2.45, 2.75) is 18.7 Å². The average Bonchev–Trinajstić information content (AvgIpc) is 2.39. The van der Waals surface area contributed by atoms with E-state index in [1.165, 1.54) is 18.5 Å². The second-order valence-electron chi connectivity index (χ2n) is 4.82. The summed E-state index contributed by atoms with van der Waals surface area (Å²) in [6.07, 6.45) is 2.43. The van der Waals surface area contributed by atoms with Gasteiger partial charge in [-0.15, -0.1) is 11.6 Å². The highest BCUT2D eigenvalue weighted by molar-refractivity contribution is 6.31. The third kappa shape index (κ3) is 3.31. The van der Waals surface area contributed by atoms with Gasteiger partial charge < -0.3 is 9.64 Å². The predicted molar refractivity (Wildman–Crippen MR) is 77.8 cm³/mol. The van der Waals surface area contributed by atoms with E-state index in [2.05, 4.69) is 4.90 Å². The van der Waals surface area contributed by atoms with Crippen LogP contribution in [0.2, 0.25) is 5.02 Å². The van der Waals surface area contributed by atoms with Crippen LogP contribution in [0.4, 0.5) is 5.69 Å². The Bertz CT molecular complexity index is 395. The van der Waals surface area contributed by atoms with Crippen LogP contribution in [0.5, 0.6) is 0 Å². The molecule has 18 heavy (non-hydrogen) atoms. The second-order valence-corrected chi connectivity index (χ2v) is 5.52. The Morgan fingerprint density at radius 2 is 2.28 bits per heavy atom. The van der Waals surface area contributed by atoms with Crippen LogP contribution in [0.25, 0.3) is 0 Å². The number of halogens is 2. The van der Waals surface area contributed by atoms with Crippen LogP contribution in [-0.4, -0.2) is 26.8 Å². The van der Waals surface area contributed by atoms with Gasteiger partial charge in [-0.3, -0.25) is 0 Å². The molecule has 1 fully saturated rings. The van der Waals surface area contributed by atoms with Gasteiger partial charge in [0.15, 0.2) is 0 Å². The standard InChI is InChI=1S/C14H19Cl2NO/c1-18-10-11-3-2-6-17(9-11)14-7-13(16)5-4-12(14)8-15/h4-5,7,11H,2-3,6,8-10H2,1H3. The van der Waals surface area contributed by atoms with Crippen molar-refractivity contribution >= 4 is 28.9 Å². The van der Waals surface area contributed by atoms with Gasteiger partial charge >= 0.3 is 0 Å². The Morgan fingerprint density at radius 3 is 3.00 bits per heavy atom. The highest BCUT2D eigenvalue weighted by Crippen LogP contribution is 2.30. The normalized spacial score (nSPS) is 20.2. The number of alkyl halides is 1. The molecule has 0 spiro atoms. The zero-order valence-electron chi connectivity index (χ0n) is 10.7. The number of piperidine rings is 1. The first-order valence-corrected chi connectivity index (χ1v) is 7.24. The Labute approximate surface area is 119 Å². The lowest BCUT2D eigenvalue weighted by molar-refractivity contribution is 0.143. The van der Waals surface area contributed by atoms with Gasteiger partial charge in [0.05, 0.1) is 6.61 Å². The van der Waals surface area contributed by atoms with Gasteiger partial charge in [-0.2, -0.15) is 0 Å². The van der Waals surface area contributed by atoms with Crippen molar-refractivity contribution in [1.29, 1.82) is 0 Å². The third-order valence-electron chi connectivity index (χ3n) is 3.45. The van der Waals surface area contributed by atoms with E-state index in [0.717, 1.165) is 30.3 Å². The first kappa shape index (κ1) is 14.0. The van der Waals surface area contributed by atoms with Gasteiger partial charge in [-0.05, 0) is 36.5 Å². The van der Waals surface area contributed by atoms with Crippen LogP contribution >= 0.6 is 23.2 Å². The molecule has 0 amide bonds. The molecule has 2 nitrogen and oxygen atoms in total. The van der Waals surface area contributed by atoms with Gasteiger partial charge in [0.2, 0.25) is 0 Å². The van der Waals surface area contributed by atoms with Gasteiger partial charge in [-0.1, -0.05) is 17.7 Å². The van der Waals surface area contributed by atoms with E-state index >= 15 is 0 Å². The molecule has 0 N–H and O–H groups in total. The average molecular weight is 288 g/mol. The molecule has 1 heterocycles. The number of hydrogen-bond acceptors (Lipinski definition) is 2. The van der Waals surface area contributed by atoms with E-state index in [0.29, 0.717) is 11.8 Å². The van der Waals surface area contributed by atoms with E-state index in [1.807, 2.05) is 18.2 Å². The molecular weight excluding hydrogens is 269 g/mol. The van der Waals surface area contributed by atoms with Crippen LogP contribution in [0, 0.1) is 5.92 Å². The second kappa shape index (κ2) is 6.65. The maximum absolute atomic E-state index is 6.10. The van der Waals surface area contributed by atoms with Crippen LogP contribution in [0.1, 0.15) is 18.4 Å². The van der Waals surface area contributed by atoms with E-state index in [9.17, 15) is 0 Å².